The Hall–Kier alpha value is -1.99. The number of nitrogens with one attached hydrogen (secondary N) is 3. The van der Waals surface area contributed by atoms with Gasteiger partial charge in [-0.2, -0.15) is 25.3 Å². The number of primary amides is 1. The van der Waals surface area contributed by atoms with Crippen molar-refractivity contribution in [3.05, 3.63) is 0 Å². The number of amides is 4. The number of thiol groups is 2. The van der Waals surface area contributed by atoms with E-state index in [9.17, 15) is 29.1 Å². The summed E-state index contributed by atoms with van der Waals surface area (Å²) in [5.41, 5.74) is 10.7. The maximum atomic E-state index is 12.4. The minimum Gasteiger partial charge on any atom is -0.480 e. The molecule has 13 heteroatoms. The van der Waals surface area contributed by atoms with Crippen molar-refractivity contribution in [2.24, 2.45) is 17.4 Å². The third kappa shape index (κ3) is 10.7. The van der Waals surface area contributed by atoms with Crippen molar-refractivity contribution in [2.45, 2.75) is 57.3 Å². The molecule has 4 amide bonds. The SMILES string of the molecule is CC(C)CC(NC(=O)C(CS)NC(=O)C(CS)NC(=O)C(N)CCC(N)=O)C(=O)O. The molecule has 0 spiro atoms. The third-order valence-electron chi connectivity index (χ3n) is 3.99. The zero-order valence-corrected chi connectivity index (χ0v) is 18.7. The van der Waals surface area contributed by atoms with Gasteiger partial charge in [0.2, 0.25) is 23.6 Å². The molecule has 0 bridgehead atoms. The summed E-state index contributed by atoms with van der Waals surface area (Å²) in [5, 5.41) is 16.4. The summed E-state index contributed by atoms with van der Waals surface area (Å²) < 4.78 is 0. The Morgan fingerprint density at radius 2 is 1.30 bits per heavy atom. The predicted molar refractivity (Wildman–Crippen MR) is 117 cm³/mol. The molecule has 0 fully saturated rings. The Labute approximate surface area is 186 Å². The van der Waals surface area contributed by atoms with Crippen LogP contribution in [0.1, 0.15) is 33.1 Å². The van der Waals surface area contributed by atoms with Crippen LogP contribution in [0.15, 0.2) is 0 Å². The summed E-state index contributed by atoms with van der Waals surface area (Å²) >= 11 is 8.05. The van der Waals surface area contributed by atoms with Gasteiger partial charge in [-0.15, -0.1) is 0 Å². The summed E-state index contributed by atoms with van der Waals surface area (Å²) in [7, 11) is 0. The van der Waals surface area contributed by atoms with Crippen molar-refractivity contribution < 1.29 is 29.1 Å². The smallest absolute Gasteiger partial charge is 0.326 e. The lowest BCUT2D eigenvalue weighted by molar-refractivity contribution is -0.142. The first-order chi connectivity index (χ1) is 13.9. The van der Waals surface area contributed by atoms with Crippen molar-refractivity contribution in [1.29, 1.82) is 0 Å². The first-order valence-corrected chi connectivity index (χ1v) is 10.6. The molecular weight excluding hydrogens is 434 g/mol. The van der Waals surface area contributed by atoms with Crippen LogP contribution in [0.4, 0.5) is 0 Å². The minimum atomic E-state index is -1.19. The van der Waals surface area contributed by atoms with E-state index < -0.39 is 53.8 Å². The monoisotopic (exact) mass is 465 g/mol. The molecule has 11 nitrogen and oxygen atoms in total. The van der Waals surface area contributed by atoms with E-state index in [1.165, 1.54) is 0 Å². The molecule has 0 aliphatic carbocycles. The summed E-state index contributed by atoms with van der Waals surface area (Å²) in [4.78, 5) is 59.0. The Bertz CT molecular complexity index is 634. The van der Waals surface area contributed by atoms with E-state index in [4.69, 9.17) is 11.5 Å². The first-order valence-electron chi connectivity index (χ1n) is 9.32. The van der Waals surface area contributed by atoms with Crippen LogP contribution in [0.5, 0.6) is 0 Å². The number of carboxylic acid groups (broad SMARTS) is 1. The average Bonchev–Trinajstić information content (AvgIpc) is 2.66. The normalized spacial score (nSPS) is 14.9. The highest BCUT2D eigenvalue weighted by molar-refractivity contribution is 7.80. The Morgan fingerprint density at radius 3 is 1.67 bits per heavy atom. The van der Waals surface area contributed by atoms with Crippen molar-refractivity contribution in [3.8, 4) is 0 Å². The van der Waals surface area contributed by atoms with Crippen LogP contribution < -0.4 is 27.4 Å². The van der Waals surface area contributed by atoms with Gasteiger partial charge < -0.3 is 32.5 Å². The fraction of sp³-hybridized carbons (Fsp3) is 0.706. The van der Waals surface area contributed by atoms with Gasteiger partial charge >= 0.3 is 5.97 Å². The van der Waals surface area contributed by atoms with Gasteiger partial charge in [0.1, 0.15) is 18.1 Å². The van der Waals surface area contributed by atoms with Crippen LogP contribution >= 0.6 is 25.3 Å². The lowest BCUT2D eigenvalue weighted by Gasteiger charge is -2.24. The molecule has 0 rings (SSSR count). The fourth-order valence-electron chi connectivity index (χ4n) is 2.33. The van der Waals surface area contributed by atoms with Crippen LogP contribution in [-0.2, 0) is 24.0 Å². The molecule has 4 unspecified atom stereocenters. The summed E-state index contributed by atoms with van der Waals surface area (Å²) in [6.07, 6.45) is 0.137. The lowest BCUT2D eigenvalue weighted by atomic mass is 10.0. The highest BCUT2D eigenvalue weighted by Crippen LogP contribution is 2.06. The quantitative estimate of drug-likeness (QED) is 0.136. The van der Waals surface area contributed by atoms with Gasteiger partial charge in [-0.05, 0) is 18.8 Å². The van der Waals surface area contributed by atoms with Crippen LogP contribution in [0.2, 0.25) is 0 Å². The molecule has 0 aromatic carbocycles. The van der Waals surface area contributed by atoms with E-state index in [0.29, 0.717) is 0 Å². The zero-order chi connectivity index (χ0) is 23.4. The standard InChI is InChI=1S/C17H31N5O6S2/c1-8(2)5-10(17(27)28)20-15(25)12(7-30)22-16(26)11(6-29)21-14(24)9(18)3-4-13(19)23/h8-12,29-30H,3-7,18H2,1-2H3,(H2,19,23)(H,20,25)(H,21,24)(H,22,26)(H,27,28). The molecule has 0 aliphatic rings. The van der Waals surface area contributed by atoms with Gasteiger partial charge in [0, 0.05) is 17.9 Å². The van der Waals surface area contributed by atoms with Crippen molar-refractivity contribution in [2.75, 3.05) is 11.5 Å². The predicted octanol–water partition coefficient (Wildman–Crippen LogP) is -1.98. The van der Waals surface area contributed by atoms with Gasteiger partial charge in [0.15, 0.2) is 0 Å². The minimum absolute atomic E-state index is 0.0101. The number of rotatable bonds is 14. The average molecular weight is 466 g/mol. The number of hydrogen-bond acceptors (Lipinski definition) is 8. The fourth-order valence-corrected chi connectivity index (χ4v) is 2.85. The molecule has 0 aliphatic heterocycles. The van der Waals surface area contributed by atoms with Crippen LogP contribution in [0.25, 0.3) is 0 Å². The third-order valence-corrected chi connectivity index (χ3v) is 4.72. The lowest BCUT2D eigenvalue weighted by Crippen LogP contribution is -2.58. The number of aliphatic carboxylic acids is 1. The maximum absolute atomic E-state index is 12.4. The van der Waals surface area contributed by atoms with E-state index in [1.54, 1.807) is 0 Å². The molecule has 0 saturated carbocycles. The van der Waals surface area contributed by atoms with Crippen LogP contribution in [0, 0.1) is 5.92 Å². The van der Waals surface area contributed by atoms with Crippen molar-refractivity contribution in [3.63, 3.8) is 0 Å². The molecular formula is C17H31N5O6S2. The topological polar surface area (TPSA) is 194 Å². The summed E-state index contributed by atoms with van der Waals surface area (Å²) in [6, 6.07) is -4.40. The van der Waals surface area contributed by atoms with Gasteiger partial charge in [-0.1, -0.05) is 13.8 Å². The summed E-state index contributed by atoms with van der Waals surface area (Å²) in [6.45, 7) is 3.63. The second-order valence-corrected chi connectivity index (χ2v) is 7.86. The Morgan fingerprint density at radius 1 is 0.867 bits per heavy atom. The molecule has 8 N–H and O–H groups in total. The Balaban J connectivity index is 4.96. The van der Waals surface area contributed by atoms with Crippen molar-refractivity contribution in [1.82, 2.24) is 16.0 Å². The molecule has 0 radical (unpaired) electrons. The van der Waals surface area contributed by atoms with Gasteiger partial charge in [0.25, 0.3) is 0 Å². The number of hydrogen-bond donors (Lipinski definition) is 8. The molecule has 0 aromatic rings. The number of carboxylic acids is 1. The highest BCUT2D eigenvalue weighted by Gasteiger charge is 2.29. The van der Waals surface area contributed by atoms with Gasteiger partial charge in [0.05, 0.1) is 6.04 Å². The molecule has 0 heterocycles. The summed E-state index contributed by atoms with van der Waals surface area (Å²) in [5.74, 6) is -4.08. The second kappa shape index (κ2) is 14.1. The molecule has 0 aromatic heterocycles. The molecule has 30 heavy (non-hydrogen) atoms. The second-order valence-electron chi connectivity index (χ2n) is 7.13. The molecule has 4 atom stereocenters. The van der Waals surface area contributed by atoms with Gasteiger partial charge in [-0.25, -0.2) is 4.79 Å². The van der Waals surface area contributed by atoms with E-state index in [2.05, 4.69) is 41.2 Å². The first kappa shape index (κ1) is 28.0. The van der Waals surface area contributed by atoms with E-state index in [-0.39, 0.29) is 36.7 Å². The zero-order valence-electron chi connectivity index (χ0n) is 17.0. The maximum Gasteiger partial charge on any atom is 0.326 e. The largest absolute Gasteiger partial charge is 0.480 e. The highest BCUT2D eigenvalue weighted by atomic mass is 32.1. The van der Waals surface area contributed by atoms with Crippen LogP contribution in [0.3, 0.4) is 0 Å². The van der Waals surface area contributed by atoms with Crippen molar-refractivity contribution >= 4 is 54.9 Å². The Kier molecular flexibility index (Phi) is 13.2. The van der Waals surface area contributed by atoms with E-state index >= 15 is 0 Å². The number of carbonyl (C=O) groups excluding carboxylic acids is 4. The molecule has 0 saturated heterocycles. The molecule has 172 valence electrons. The van der Waals surface area contributed by atoms with Crippen LogP contribution in [-0.4, -0.2) is 70.4 Å². The van der Waals surface area contributed by atoms with E-state index in [1.807, 2.05) is 13.8 Å². The number of nitrogens with two attached hydrogens (primary N) is 2. The van der Waals surface area contributed by atoms with Gasteiger partial charge in [-0.3, -0.25) is 19.2 Å². The number of carbonyl (C=O) groups is 5. The van der Waals surface area contributed by atoms with E-state index in [0.717, 1.165) is 0 Å².